The number of ether oxygens (including phenoxy) is 1. The summed E-state index contributed by atoms with van der Waals surface area (Å²) < 4.78 is 5.96. The largest absolute Gasteiger partial charge is 0.497 e. The van der Waals surface area contributed by atoms with Gasteiger partial charge < -0.3 is 10.1 Å². The second-order valence-electron chi connectivity index (χ2n) is 4.22. The number of halogens is 1. The van der Waals surface area contributed by atoms with Gasteiger partial charge in [-0.2, -0.15) is 0 Å². The maximum Gasteiger partial charge on any atom is 0.252 e. The highest BCUT2D eigenvalue weighted by molar-refractivity contribution is 9.10. The maximum absolute atomic E-state index is 12.0. The molecule has 1 aromatic rings. The average Bonchev–Trinajstić information content (AvgIpc) is 2.66. The molecule has 0 aliphatic carbocycles. The van der Waals surface area contributed by atoms with Crippen molar-refractivity contribution in [3.05, 3.63) is 22.7 Å². The van der Waals surface area contributed by atoms with Gasteiger partial charge in [0.15, 0.2) is 0 Å². The van der Waals surface area contributed by atoms with E-state index in [-0.39, 0.29) is 18.2 Å². The number of rotatable bonds is 4. The van der Waals surface area contributed by atoms with Crippen LogP contribution in [0.3, 0.4) is 0 Å². The average molecular weight is 327 g/mol. The molecule has 1 atom stereocenters. The molecule has 0 spiro atoms. The van der Waals surface area contributed by atoms with Crippen LogP contribution >= 0.6 is 15.9 Å². The lowest BCUT2D eigenvalue weighted by atomic mass is 10.2. The van der Waals surface area contributed by atoms with E-state index in [9.17, 15) is 9.59 Å². The molecular formula is C13H15BrN2O3. The summed E-state index contributed by atoms with van der Waals surface area (Å²) in [6.45, 7) is 2.20. The number of carbonyl (C=O) groups excluding carboxylic acids is 2. The molecular weight excluding hydrogens is 312 g/mol. The Morgan fingerprint density at radius 1 is 1.47 bits per heavy atom. The predicted molar refractivity (Wildman–Crippen MR) is 75.1 cm³/mol. The highest BCUT2D eigenvalue weighted by atomic mass is 79.9. The summed E-state index contributed by atoms with van der Waals surface area (Å²) in [5, 5.41) is 3.09. The van der Waals surface area contributed by atoms with E-state index in [1.807, 2.05) is 12.1 Å². The van der Waals surface area contributed by atoms with Crippen LogP contribution in [-0.2, 0) is 9.59 Å². The standard InChI is InChI=1S/C13H15BrN2O3/c1-3-16-12(17)7-11(13(16)18)15-10-6-8(19-2)4-5-9(10)14/h4-6,11,15H,3,7H2,1-2H3. The van der Waals surface area contributed by atoms with Gasteiger partial charge in [-0.05, 0) is 35.0 Å². The zero-order valence-corrected chi connectivity index (χ0v) is 12.4. The fourth-order valence-electron chi connectivity index (χ4n) is 2.06. The molecule has 1 N–H and O–H groups in total. The highest BCUT2D eigenvalue weighted by Gasteiger charge is 2.37. The Morgan fingerprint density at radius 3 is 2.79 bits per heavy atom. The molecule has 102 valence electrons. The fraction of sp³-hybridized carbons (Fsp3) is 0.385. The van der Waals surface area contributed by atoms with Crippen LogP contribution in [0.2, 0.25) is 0 Å². The van der Waals surface area contributed by atoms with E-state index in [2.05, 4.69) is 21.2 Å². The molecule has 1 aliphatic heterocycles. The summed E-state index contributed by atoms with van der Waals surface area (Å²) in [7, 11) is 1.58. The molecule has 1 aromatic carbocycles. The van der Waals surface area contributed by atoms with Crippen molar-refractivity contribution in [2.45, 2.75) is 19.4 Å². The van der Waals surface area contributed by atoms with Crippen molar-refractivity contribution in [3.63, 3.8) is 0 Å². The van der Waals surface area contributed by atoms with E-state index in [1.165, 1.54) is 4.90 Å². The van der Waals surface area contributed by atoms with Gasteiger partial charge in [-0.3, -0.25) is 14.5 Å². The van der Waals surface area contributed by atoms with Gasteiger partial charge in [-0.1, -0.05) is 0 Å². The van der Waals surface area contributed by atoms with E-state index < -0.39 is 6.04 Å². The number of hydrogen-bond donors (Lipinski definition) is 1. The van der Waals surface area contributed by atoms with Gasteiger partial charge in [-0.25, -0.2) is 0 Å². The number of carbonyl (C=O) groups is 2. The minimum atomic E-state index is -0.504. The quantitative estimate of drug-likeness (QED) is 0.860. The lowest BCUT2D eigenvalue weighted by molar-refractivity contribution is -0.138. The molecule has 1 fully saturated rings. The summed E-state index contributed by atoms with van der Waals surface area (Å²) in [5.74, 6) is 0.376. The Labute approximate surface area is 120 Å². The number of benzene rings is 1. The molecule has 1 saturated heterocycles. The summed E-state index contributed by atoms with van der Waals surface area (Å²) in [4.78, 5) is 24.9. The normalized spacial score (nSPS) is 18.9. The first-order chi connectivity index (χ1) is 9.06. The summed E-state index contributed by atoms with van der Waals surface area (Å²) >= 11 is 3.41. The zero-order chi connectivity index (χ0) is 14.0. The van der Waals surface area contributed by atoms with Crippen LogP contribution in [0.15, 0.2) is 22.7 Å². The van der Waals surface area contributed by atoms with Crippen molar-refractivity contribution < 1.29 is 14.3 Å². The second kappa shape index (κ2) is 5.61. The van der Waals surface area contributed by atoms with E-state index in [4.69, 9.17) is 4.74 Å². The Balaban J connectivity index is 2.18. The molecule has 1 heterocycles. The lowest BCUT2D eigenvalue weighted by Gasteiger charge is -2.15. The van der Waals surface area contributed by atoms with Gasteiger partial charge in [0.25, 0.3) is 5.91 Å². The Morgan fingerprint density at radius 2 is 2.21 bits per heavy atom. The van der Waals surface area contributed by atoms with Crippen LogP contribution in [0.1, 0.15) is 13.3 Å². The summed E-state index contributed by atoms with van der Waals surface area (Å²) in [5.41, 5.74) is 0.739. The Bertz CT molecular complexity index is 519. The van der Waals surface area contributed by atoms with E-state index in [0.29, 0.717) is 12.3 Å². The van der Waals surface area contributed by atoms with Crippen LogP contribution in [0.25, 0.3) is 0 Å². The van der Waals surface area contributed by atoms with Crippen LogP contribution in [0.5, 0.6) is 5.75 Å². The molecule has 1 unspecified atom stereocenters. The van der Waals surface area contributed by atoms with Crippen LogP contribution in [0.4, 0.5) is 5.69 Å². The highest BCUT2D eigenvalue weighted by Crippen LogP contribution is 2.29. The second-order valence-corrected chi connectivity index (χ2v) is 5.08. The number of nitrogens with zero attached hydrogens (tertiary/aromatic N) is 1. The van der Waals surface area contributed by atoms with Crippen LogP contribution in [-0.4, -0.2) is 36.4 Å². The third kappa shape index (κ3) is 2.73. The molecule has 5 nitrogen and oxygen atoms in total. The van der Waals surface area contributed by atoms with Gasteiger partial charge >= 0.3 is 0 Å². The first-order valence-electron chi connectivity index (χ1n) is 6.01. The molecule has 6 heteroatoms. The third-order valence-corrected chi connectivity index (χ3v) is 3.75. The van der Waals surface area contributed by atoms with E-state index in [0.717, 1.165) is 10.2 Å². The van der Waals surface area contributed by atoms with Crippen molar-refractivity contribution in [1.29, 1.82) is 0 Å². The number of hydrogen-bond acceptors (Lipinski definition) is 4. The summed E-state index contributed by atoms with van der Waals surface area (Å²) in [6, 6.07) is 4.93. The molecule has 19 heavy (non-hydrogen) atoms. The molecule has 0 radical (unpaired) electrons. The van der Waals surface area contributed by atoms with Crippen molar-refractivity contribution in [2.75, 3.05) is 19.0 Å². The lowest BCUT2D eigenvalue weighted by Crippen LogP contribution is -2.34. The first kappa shape index (κ1) is 13.9. The minimum absolute atomic E-state index is 0.135. The summed E-state index contributed by atoms with van der Waals surface area (Å²) in [6.07, 6.45) is 0.191. The molecule has 2 rings (SSSR count). The van der Waals surface area contributed by atoms with Gasteiger partial charge in [0.2, 0.25) is 5.91 Å². The SMILES string of the molecule is CCN1C(=O)CC(Nc2cc(OC)ccc2Br)C1=O. The number of methoxy groups -OCH3 is 1. The smallest absolute Gasteiger partial charge is 0.252 e. The molecule has 0 bridgehead atoms. The van der Waals surface area contributed by atoms with Gasteiger partial charge in [0.05, 0.1) is 19.2 Å². The van der Waals surface area contributed by atoms with Crippen molar-refractivity contribution >= 4 is 33.4 Å². The Hall–Kier alpha value is -1.56. The van der Waals surface area contributed by atoms with Gasteiger partial charge in [-0.15, -0.1) is 0 Å². The Kier molecular flexibility index (Phi) is 4.09. The topological polar surface area (TPSA) is 58.6 Å². The maximum atomic E-state index is 12.0. The monoisotopic (exact) mass is 326 g/mol. The fourth-order valence-corrected chi connectivity index (χ4v) is 2.42. The molecule has 2 amide bonds. The number of imide groups is 1. The minimum Gasteiger partial charge on any atom is -0.497 e. The molecule has 1 aliphatic rings. The number of nitrogens with one attached hydrogen (secondary N) is 1. The number of likely N-dealkylation sites (N-methyl/N-ethyl adjacent to an activating group) is 1. The van der Waals surface area contributed by atoms with E-state index in [1.54, 1.807) is 20.1 Å². The number of likely N-dealkylation sites (tertiary alicyclic amines) is 1. The van der Waals surface area contributed by atoms with Crippen molar-refractivity contribution in [3.8, 4) is 5.75 Å². The van der Waals surface area contributed by atoms with Gasteiger partial charge in [0.1, 0.15) is 11.8 Å². The van der Waals surface area contributed by atoms with E-state index >= 15 is 0 Å². The third-order valence-electron chi connectivity index (χ3n) is 3.06. The molecule has 0 saturated carbocycles. The first-order valence-corrected chi connectivity index (χ1v) is 6.80. The zero-order valence-electron chi connectivity index (χ0n) is 10.8. The van der Waals surface area contributed by atoms with Crippen LogP contribution in [0, 0.1) is 0 Å². The number of anilines is 1. The van der Waals surface area contributed by atoms with Crippen molar-refractivity contribution in [1.82, 2.24) is 4.90 Å². The van der Waals surface area contributed by atoms with Crippen LogP contribution < -0.4 is 10.1 Å². The number of amides is 2. The van der Waals surface area contributed by atoms with Gasteiger partial charge in [0, 0.05) is 17.1 Å². The molecule has 0 aromatic heterocycles. The van der Waals surface area contributed by atoms with Crippen molar-refractivity contribution in [2.24, 2.45) is 0 Å². The predicted octanol–water partition coefficient (Wildman–Crippen LogP) is 2.02.